The first-order valence-corrected chi connectivity index (χ1v) is 11.3. The molecule has 3 fully saturated rings. The first-order valence-electron chi connectivity index (χ1n) is 11.3. The molecule has 0 aromatic rings. The van der Waals surface area contributed by atoms with Crippen LogP contribution in [0.1, 0.15) is 61.8 Å². The van der Waals surface area contributed by atoms with Gasteiger partial charge in [-0.3, -0.25) is 9.59 Å². The molecule has 6 heteroatoms. The summed E-state index contributed by atoms with van der Waals surface area (Å²) in [5, 5.41) is 11.5. The van der Waals surface area contributed by atoms with Crippen molar-refractivity contribution >= 4 is 17.7 Å². The second-order valence-corrected chi connectivity index (χ2v) is 10.4. The summed E-state index contributed by atoms with van der Waals surface area (Å²) >= 11 is 0. The van der Waals surface area contributed by atoms with Crippen molar-refractivity contribution in [1.82, 2.24) is 0 Å². The van der Waals surface area contributed by atoms with Gasteiger partial charge >= 0.3 is 11.9 Å². The highest BCUT2D eigenvalue weighted by atomic mass is 16.6. The zero-order valence-electron chi connectivity index (χ0n) is 19.9. The van der Waals surface area contributed by atoms with E-state index in [1.807, 2.05) is 34.6 Å². The third kappa shape index (κ3) is 3.29. The maximum absolute atomic E-state index is 13.1. The van der Waals surface area contributed by atoms with Gasteiger partial charge in [0.25, 0.3) is 0 Å². The summed E-state index contributed by atoms with van der Waals surface area (Å²) < 4.78 is 11.9. The number of fused-ring (bicyclic) bond motifs is 3. The minimum absolute atomic E-state index is 0.00558. The van der Waals surface area contributed by atoms with E-state index in [-0.39, 0.29) is 23.5 Å². The van der Waals surface area contributed by atoms with Crippen LogP contribution in [0.25, 0.3) is 0 Å². The fourth-order valence-corrected chi connectivity index (χ4v) is 6.12. The van der Waals surface area contributed by atoms with Crippen LogP contribution in [0.2, 0.25) is 0 Å². The number of aliphatic hydroxyl groups excluding tert-OH is 1. The second kappa shape index (κ2) is 7.88. The second-order valence-electron chi connectivity index (χ2n) is 10.4. The van der Waals surface area contributed by atoms with Crippen LogP contribution < -0.4 is 0 Å². The van der Waals surface area contributed by atoms with E-state index < -0.39 is 47.0 Å². The SMILES string of the molecule is CC=C(C)C(=O)OC1C(O)C(C)(C)C2C3C(=O)C=C(C)C2C3(C)C1OC(=O)C(C)CC. The maximum atomic E-state index is 13.1. The van der Waals surface area contributed by atoms with Gasteiger partial charge in [-0.05, 0) is 50.5 Å². The molecule has 3 saturated carbocycles. The van der Waals surface area contributed by atoms with Gasteiger partial charge in [0, 0.05) is 16.9 Å². The largest absolute Gasteiger partial charge is 0.457 e. The molecular formula is C25H36O6. The van der Waals surface area contributed by atoms with Gasteiger partial charge < -0.3 is 14.6 Å². The Morgan fingerprint density at radius 1 is 1.23 bits per heavy atom. The molecule has 0 spiro atoms. The molecule has 0 saturated heterocycles. The monoisotopic (exact) mass is 432 g/mol. The Morgan fingerprint density at radius 3 is 2.35 bits per heavy atom. The van der Waals surface area contributed by atoms with Crippen molar-refractivity contribution in [2.24, 2.45) is 34.5 Å². The summed E-state index contributed by atoms with van der Waals surface area (Å²) in [5.41, 5.74) is -0.118. The van der Waals surface area contributed by atoms with Gasteiger partial charge in [0.15, 0.2) is 11.9 Å². The lowest BCUT2D eigenvalue weighted by Gasteiger charge is -2.65. The first kappa shape index (κ1) is 23.7. The Hall–Kier alpha value is -1.95. The van der Waals surface area contributed by atoms with Crippen LogP contribution >= 0.6 is 0 Å². The van der Waals surface area contributed by atoms with Crippen molar-refractivity contribution in [1.29, 1.82) is 0 Å². The van der Waals surface area contributed by atoms with E-state index in [1.54, 1.807) is 32.9 Å². The van der Waals surface area contributed by atoms with Crippen LogP contribution in [0.5, 0.6) is 0 Å². The summed E-state index contributed by atoms with van der Waals surface area (Å²) in [6.45, 7) is 14.8. The van der Waals surface area contributed by atoms with Crippen LogP contribution in [0.4, 0.5) is 0 Å². The predicted octanol–water partition coefficient (Wildman–Crippen LogP) is 3.62. The van der Waals surface area contributed by atoms with Gasteiger partial charge in [-0.25, -0.2) is 4.79 Å². The number of allylic oxidation sites excluding steroid dienone is 3. The maximum Gasteiger partial charge on any atom is 0.333 e. The Labute approximate surface area is 185 Å². The molecule has 0 aromatic carbocycles. The summed E-state index contributed by atoms with van der Waals surface area (Å²) in [4.78, 5) is 38.7. The van der Waals surface area contributed by atoms with Crippen molar-refractivity contribution < 1.29 is 29.0 Å². The van der Waals surface area contributed by atoms with E-state index in [4.69, 9.17) is 9.47 Å². The van der Waals surface area contributed by atoms with E-state index in [0.29, 0.717) is 12.0 Å². The lowest BCUT2D eigenvalue weighted by Crippen LogP contribution is -2.68. The van der Waals surface area contributed by atoms with Crippen molar-refractivity contribution in [2.75, 3.05) is 0 Å². The van der Waals surface area contributed by atoms with Crippen LogP contribution in [0.15, 0.2) is 23.3 Å². The summed E-state index contributed by atoms with van der Waals surface area (Å²) in [5.74, 6) is -1.85. The molecule has 0 aromatic heterocycles. The molecule has 6 nitrogen and oxygen atoms in total. The Morgan fingerprint density at radius 2 is 1.84 bits per heavy atom. The quantitative estimate of drug-likeness (QED) is 0.527. The average Bonchev–Trinajstić information content (AvgIpc) is 2.78. The van der Waals surface area contributed by atoms with E-state index in [2.05, 4.69) is 0 Å². The zero-order valence-corrected chi connectivity index (χ0v) is 19.9. The molecule has 4 aliphatic rings. The average molecular weight is 433 g/mol. The normalized spacial score (nSPS) is 39.6. The number of hydrogen-bond acceptors (Lipinski definition) is 6. The van der Waals surface area contributed by atoms with E-state index in [9.17, 15) is 19.5 Å². The number of aliphatic hydroxyl groups is 1. The van der Waals surface area contributed by atoms with Crippen LogP contribution in [0.3, 0.4) is 0 Å². The molecule has 1 N–H and O–H groups in total. The molecule has 0 amide bonds. The third-order valence-electron chi connectivity index (χ3n) is 8.33. The number of rotatable bonds is 5. The van der Waals surface area contributed by atoms with E-state index in [1.165, 1.54) is 0 Å². The highest BCUT2D eigenvalue weighted by Gasteiger charge is 2.76. The number of hydrogen-bond donors (Lipinski definition) is 1. The van der Waals surface area contributed by atoms with Crippen molar-refractivity contribution in [3.8, 4) is 0 Å². The number of ether oxygens (including phenoxy) is 2. The van der Waals surface area contributed by atoms with Crippen molar-refractivity contribution in [3.05, 3.63) is 23.3 Å². The van der Waals surface area contributed by atoms with Crippen molar-refractivity contribution in [2.45, 2.75) is 80.1 Å². The van der Waals surface area contributed by atoms with Crippen LogP contribution in [0, 0.1) is 34.5 Å². The van der Waals surface area contributed by atoms with Crippen molar-refractivity contribution in [3.63, 3.8) is 0 Å². The van der Waals surface area contributed by atoms with Crippen LogP contribution in [-0.2, 0) is 23.9 Å². The molecule has 172 valence electrons. The molecule has 4 aliphatic carbocycles. The topological polar surface area (TPSA) is 89.9 Å². The summed E-state index contributed by atoms with van der Waals surface area (Å²) in [6, 6.07) is 0. The number of esters is 2. The predicted molar refractivity (Wildman–Crippen MR) is 116 cm³/mol. The fourth-order valence-electron chi connectivity index (χ4n) is 6.12. The molecule has 4 rings (SSSR count). The van der Waals surface area contributed by atoms with Gasteiger partial charge in [-0.1, -0.05) is 46.3 Å². The zero-order chi connectivity index (χ0) is 23.5. The number of carbonyl (C=O) groups excluding carboxylic acids is 3. The molecule has 8 unspecified atom stereocenters. The number of carbonyl (C=O) groups is 3. The van der Waals surface area contributed by atoms with E-state index in [0.717, 1.165) is 5.57 Å². The standard InChI is InChI=1S/C25H36O6/c1-9-12(3)22(28)30-19-20(27)24(6,7)18-16-14(5)11-15(26)17(18)25(16,8)21(19)31-23(29)13(4)10-2/h9,11,13,16-21,27H,10H2,1-8H3. The van der Waals surface area contributed by atoms with Crippen LogP contribution in [-0.4, -0.2) is 41.1 Å². The molecule has 31 heavy (non-hydrogen) atoms. The van der Waals surface area contributed by atoms with Gasteiger partial charge in [0.05, 0.1) is 5.92 Å². The smallest absolute Gasteiger partial charge is 0.333 e. The summed E-state index contributed by atoms with van der Waals surface area (Å²) in [6.07, 6.45) is 0.855. The Kier molecular flexibility index (Phi) is 6.02. The first-order chi connectivity index (χ1) is 14.3. The Bertz CT molecular complexity index is 852. The van der Waals surface area contributed by atoms with Gasteiger partial charge in [-0.15, -0.1) is 0 Å². The van der Waals surface area contributed by atoms with E-state index >= 15 is 0 Å². The lowest BCUT2D eigenvalue weighted by atomic mass is 9.37. The minimum atomic E-state index is -1.09. The third-order valence-corrected chi connectivity index (χ3v) is 8.33. The minimum Gasteiger partial charge on any atom is -0.457 e. The molecule has 0 radical (unpaired) electrons. The molecule has 8 atom stereocenters. The van der Waals surface area contributed by atoms with Gasteiger partial charge in [0.2, 0.25) is 0 Å². The highest BCUT2D eigenvalue weighted by Crippen LogP contribution is 2.72. The molecule has 4 bridgehead atoms. The summed E-state index contributed by atoms with van der Waals surface area (Å²) in [7, 11) is 0. The van der Waals surface area contributed by atoms with Gasteiger partial charge in [0.1, 0.15) is 12.2 Å². The molecular weight excluding hydrogens is 396 g/mol. The lowest BCUT2D eigenvalue weighted by molar-refractivity contribution is -0.216. The Balaban J connectivity index is 2.14. The molecule has 0 aliphatic heterocycles. The number of ketones is 1. The van der Waals surface area contributed by atoms with Gasteiger partial charge in [-0.2, -0.15) is 0 Å². The molecule has 0 heterocycles. The fraction of sp³-hybridized carbons (Fsp3) is 0.720. The highest BCUT2D eigenvalue weighted by molar-refractivity contribution is 5.97.